The van der Waals surface area contributed by atoms with Crippen molar-refractivity contribution in [1.29, 1.82) is 0 Å². The minimum absolute atomic E-state index is 0. The first kappa shape index (κ1) is 12.7. The zero-order valence-electron chi connectivity index (χ0n) is 6.80. The van der Waals surface area contributed by atoms with Crippen molar-refractivity contribution >= 4 is 34.2 Å². The van der Waals surface area contributed by atoms with E-state index in [0.29, 0.717) is 4.90 Å². The predicted octanol–water partition coefficient (Wildman–Crippen LogP) is 0.873. The molecule has 74 valence electrons. The monoisotopic (exact) mass is 240 g/mol. The van der Waals surface area contributed by atoms with Crippen molar-refractivity contribution in [3.05, 3.63) is 18.5 Å². The molecule has 0 aliphatic carbocycles. The molecular formula is C6H9ClN2O2S2. The lowest BCUT2D eigenvalue weighted by Crippen LogP contribution is -2.13. The Balaban J connectivity index is 0.00000144. The van der Waals surface area contributed by atoms with Crippen molar-refractivity contribution < 1.29 is 8.42 Å². The Kier molecular flexibility index (Phi) is 4.69. The second-order valence-corrected chi connectivity index (χ2v) is 4.45. The third-order valence-electron chi connectivity index (χ3n) is 1.27. The molecule has 1 rings (SSSR count). The van der Waals surface area contributed by atoms with Crippen molar-refractivity contribution in [3.63, 3.8) is 0 Å². The average Bonchev–Trinajstić information content (AvgIpc) is 2.03. The van der Waals surface area contributed by atoms with Crippen LogP contribution in [-0.4, -0.2) is 19.7 Å². The number of aromatic nitrogens is 1. The molecule has 0 aromatic carbocycles. The van der Waals surface area contributed by atoms with Crippen LogP contribution in [0, 0.1) is 0 Å². The number of hydrogen-bond acceptors (Lipinski definition) is 4. The number of primary sulfonamides is 1. The van der Waals surface area contributed by atoms with Crippen molar-refractivity contribution in [3.8, 4) is 0 Å². The summed E-state index contributed by atoms with van der Waals surface area (Å²) in [5.41, 5.74) is 0. The highest BCUT2D eigenvalue weighted by atomic mass is 35.5. The van der Waals surface area contributed by atoms with Gasteiger partial charge in [-0.3, -0.25) is 4.98 Å². The fraction of sp³-hybridized carbons (Fsp3) is 0.167. The normalized spacial score (nSPS) is 10.6. The maximum atomic E-state index is 10.9. The summed E-state index contributed by atoms with van der Waals surface area (Å²) in [7, 11) is -3.63. The molecule has 0 aliphatic heterocycles. The van der Waals surface area contributed by atoms with Gasteiger partial charge in [-0.05, 0) is 12.3 Å². The van der Waals surface area contributed by atoms with Crippen LogP contribution in [0.25, 0.3) is 0 Å². The summed E-state index contributed by atoms with van der Waals surface area (Å²) in [6.45, 7) is 0. The maximum absolute atomic E-state index is 10.9. The van der Waals surface area contributed by atoms with Gasteiger partial charge in [0, 0.05) is 17.3 Å². The molecule has 2 N–H and O–H groups in total. The number of hydrogen-bond donors (Lipinski definition) is 1. The van der Waals surface area contributed by atoms with Gasteiger partial charge in [0.2, 0.25) is 10.0 Å². The van der Waals surface area contributed by atoms with Crippen LogP contribution in [0.3, 0.4) is 0 Å². The lowest BCUT2D eigenvalue weighted by atomic mass is 10.5. The third-order valence-corrected chi connectivity index (χ3v) is 3.14. The number of thioether (sulfide) groups is 1. The Morgan fingerprint density at radius 1 is 1.54 bits per heavy atom. The van der Waals surface area contributed by atoms with E-state index in [1.165, 1.54) is 24.2 Å². The fourth-order valence-electron chi connectivity index (χ4n) is 0.750. The first-order valence-corrected chi connectivity index (χ1v) is 5.83. The van der Waals surface area contributed by atoms with Crippen LogP contribution in [-0.2, 0) is 10.0 Å². The largest absolute Gasteiger partial charge is 0.263 e. The molecule has 13 heavy (non-hydrogen) atoms. The summed E-state index contributed by atoms with van der Waals surface area (Å²) in [5.74, 6) is 0. The molecule has 0 spiro atoms. The zero-order chi connectivity index (χ0) is 9.19. The van der Waals surface area contributed by atoms with Gasteiger partial charge in [-0.1, -0.05) is 0 Å². The number of sulfonamides is 1. The van der Waals surface area contributed by atoms with Gasteiger partial charge in [-0.15, -0.1) is 24.2 Å². The summed E-state index contributed by atoms with van der Waals surface area (Å²) in [6, 6.07) is 1.62. The Bertz CT molecular complexity index is 380. The average molecular weight is 241 g/mol. The predicted molar refractivity (Wildman–Crippen MR) is 54.6 cm³/mol. The molecule has 0 radical (unpaired) electrons. The Morgan fingerprint density at radius 2 is 2.15 bits per heavy atom. The highest BCUT2D eigenvalue weighted by molar-refractivity contribution is 7.99. The number of halogens is 1. The van der Waals surface area contributed by atoms with E-state index in [9.17, 15) is 8.42 Å². The zero-order valence-corrected chi connectivity index (χ0v) is 9.25. The minimum atomic E-state index is -3.63. The molecule has 0 unspecified atom stereocenters. The Morgan fingerprint density at radius 3 is 2.54 bits per heavy atom. The molecule has 0 bridgehead atoms. The van der Waals surface area contributed by atoms with Crippen LogP contribution >= 0.6 is 24.2 Å². The first-order chi connectivity index (χ1) is 5.55. The number of rotatable bonds is 2. The molecule has 0 amide bonds. The van der Waals surface area contributed by atoms with Crippen molar-refractivity contribution in [1.82, 2.24) is 4.98 Å². The van der Waals surface area contributed by atoms with Crippen LogP contribution in [0.15, 0.2) is 28.3 Å². The van der Waals surface area contributed by atoms with Gasteiger partial charge in [0.25, 0.3) is 0 Å². The van der Waals surface area contributed by atoms with E-state index in [1.807, 2.05) is 0 Å². The van der Waals surface area contributed by atoms with Crippen molar-refractivity contribution in [2.24, 2.45) is 5.14 Å². The van der Waals surface area contributed by atoms with E-state index in [-0.39, 0.29) is 17.3 Å². The highest BCUT2D eigenvalue weighted by Crippen LogP contribution is 2.21. The summed E-state index contributed by atoms with van der Waals surface area (Å²) in [6.07, 6.45) is 4.56. The van der Waals surface area contributed by atoms with E-state index in [4.69, 9.17) is 5.14 Å². The van der Waals surface area contributed by atoms with Gasteiger partial charge < -0.3 is 0 Å². The fourth-order valence-corrected chi connectivity index (χ4v) is 2.36. The van der Waals surface area contributed by atoms with Crippen molar-refractivity contribution in [2.75, 3.05) is 6.26 Å². The van der Waals surface area contributed by atoms with Gasteiger partial charge in [-0.25, -0.2) is 13.6 Å². The summed E-state index contributed by atoms with van der Waals surface area (Å²) >= 11 is 1.32. The topological polar surface area (TPSA) is 73.0 Å². The van der Waals surface area contributed by atoms with E-state index in [2.05, 4.69) is 4.98 Å². The smallest absolute Gasteiger partial charge is 0.240 e. The van der Waals surface area contributed by atoms with Gasteiger partial charge in [0.1, 0.15) is 4.90 Å². The Labute approximate surface area is 87.4 Å². The van der Waals surface area contributed by atoms with Crippen LogP contribution in [0.1, 0.15) is 0 Å². The van der Waals surface area contributed by atoms with Crippen LogP contribution in [0.5, 0.6) is 0 Å². The molecule has 0 saturated carbocycles. The van der Waals surface area contributed by atoms with Gasteiger partial charge >= 0.3 is 0 Å². The van der Waals surface area contributed by atoms with Crippen LogP contribution in [0.4, 0.5) is 0 Å². The number of pyridine rings is 1. The molecule has 0 fully saturated rings. The van der Waals surface area contributed by atoms with Crippen molar-refractivity contribution in [2.45, 2.75) is 9.79 Å². The lowest BCUT2D eigenvalue weighted by Gasteiger charge is -2.01. The van der Waals surface area contributed by atoms with Gasteiger partial charge in [-0.2, -0.15) is 0 Å². The molecule has 0 saturated heterocycles. The maximum Gasteiger partial charge on any atom is 0.240 e. The third kappa shape index (κ3) is 3.15. The van der Waals surface area contributed by atoms with Crippen LogP contribution < -0.4 is 5.14 Å². The SMILES string of the molecule is CSc1ccncc1S(N)(=O)=O.Cl. The highest BCUT2D eigenvalue weighted by Gasteiger charge is 2.12. The molecule has 0 aliphatic rings. The molecular weight excluding hydrogens is 232 g/mol. The second-order valence-electron chi connectivity index (χ2n) is 2.07. The molecule has 1 aromatic rings. The van der Waals surface area contributed by atoms with E-state index >= 15 is 0 Å². The lowest BCUT2D eigenvalue weighted by molar-refractivity contribution is 0.595. The first-order valence-electron chi connectivity index (χ1n) is 3.06. The van der Waals surface area contributed by atoms with E-state index in [0.717, 1.165) is 0 Å². The number of nitrogens with two attached hydrogens (primary N) is 1. The second kappa shape index (κ2) is 4.80. The van der Waals surface area contributed by atoms with Gasteiger partial charge in [0.15, 0.2) is 0 Å². The van der Waals surface area contributed by atoms with E-state index < -0.39 is 10.0 Å². The minimum Gasteiger partial charge on any atom is -0.263 e. The van der Waals surface area contributed by atoms with E-state index in [1.54, 1.807) is 12.3 Å². The Hall–Kier alpha value is -0.300. The van der Waals surface area contributed by atoms with Crippen LogP contribution in [0.2, 0.25) is 0 Å². The number of nitrogens with zero attached hydrogens (tertiary/aromatic N) is 1. The molecule has 1 aromatic heterocycles. The molecule has 4 nitrogen and oxygen atoms in total. The molecule has 7 heteroatoms. The summed E-state index contributed by atoms with van der Waals surface area (Å²) in [4.78, 5) is 4.39. The molecule has 1 heterocycles. The summed E-state index contributed by atoms with van der Waals surface area (Å²) < 4.78 is 21.9. The molecule has 0 atom stereocenters. The van der Waals surface area contributed by atoms with Gasteiger partial charge in [0.05, 0.1) is 0 Å². The standard InChI is InChI=1S/C6H8N2O2S2.ClH/c1-11-5-2-3-8-4-6(5)12(7,9)10;/h2-4H,1H3,(H2,7,9,10);1H. The summed E-state index contributed by atoms with van der Waals surface area (Å²) in [5, 5.41) is 4.95. The quantitative estimate of drug-likeness (QED) is 0.779.